The Kier molecular flexibility index (Phi) is 10.5. The molecule has 0 saturated heterocycles. The minimum Gasteiger partial charge on any atom is -0.466 e. The van der Waals surface area contributed by atoms with Gasteiger partial charge in [0.1, 0.15) is 0 Å². The predicted octanol–water partition coefficient (Wildman–Crippen LogP) is 3.98. The van der Waals surface area contributed by atoms with Crippen molar-refractivity contribution in [2.24, 2.45) is 5.11 Å². The first-order chi connectivity index (χ1) is 8.24. The number of esters is 1. The van der Waals surface area contributed by atoms with E-state index in [1.807, 2.05) is 0 Å². The molecule has 98 valence electrons. The second-order valence-corrected chi connectivity index (χ2v) is 4.05. The zero-order valence-electron chi connectivity index (χ0n) is 10.9. The molecule has 0 aromatic heterocycles. The van der Waals surface area contributed by atoms with Crippen molar-refractivity contribution in [1.82, 2.24) is 0 Å². The second kappa shape index (κ2) is 11.3. The molecule has 0 heterocycles. The minimum atomic E-state index is -0.209. The van der Waals surface area contributed by atoms with E-state index in [9.17, 15) is 4.79 Å². The van der Waals surface area contributed by atoms with Gasteiger partial charge in [-0.15, -0.1) is 0 Å². The second-order valence-electron chi connectivity index (χ2n) is 4.05. The first-order valence-electron chi connectivity index (χ1n) is 6.44. The predicted molar refractivity (Wildman–Crippen MR) is 67.6 cm³/mol. The molecule has 0 aliphatic rings. The van der Waals surface area contributed by atoms with Crippen molar-refractivity contribution in [2.45, 2.75) is 64.8 Å². The van der Waals surface area contributed by atoms with Crippen molar-refractivity contribution in [3.8, 4) is 0 Å². The van der Waals surface area contributed by atoms with Crippen molar-refractivity contribution in [3.05, 3.63) is 10.4 Å². The van der Waals surface area contributed by atoms with Gasteiger partial charge in [0.15, 0.2) is 0 Å². The summed E-state index contributed by atoms with van der Waals surface area (Å²) < 4.78 is 4.84. The van der Waals surface area contributed by atoms with Gasteiger partial charge >= 0.3 is 5.97 Å². The lowest BCUT2D eigenvalue weighted by Crippen LogP contribution is -2.10. The van der Waals surface area contributed by atoms with E-state index in [0.29, 0.717) is 19.4 Å². The number of hydrogen-bond acceptors (Lipinski definition) is 3. The summed E-state index contributed by atoms with van der Waals surface area (Å²) in [6, 6.07) is -0.0683. The Bertz CT molecular complexity index is 250. The van der Waals surface area contributed by atoms with Crippen molar-refractivity contribution >= 4 is 5.97 Å². The SMILES string of the molecule is CCCCCCC(CCC(=O)OCC)[15N]=[N+]=[N-]. The van der Waals surface area contributed by atoms with Crippen LogP contribution in [0.1, 0.15) is 58.8 Å². The van der Waals surface area contributed by atoms with Crippen LogP contribution in [0, 0.1) is 0 Å². The smallest absolute Gasteiger partial charge is 0.305 e. The highest BCUT2D eigenvalue weighted by Gasteiger charge is 2.10. The minimum absolute atomic E-state index is 0.0683. The quantitative estimate of drug-likeness (QED) is 0.145. The van der Waals surface area contributed by atoms with Crippen LogP contribution in [0.5, 0.6) is 0 Å². The highest BCUT2D eigenvalue weighted by Crippen LogP contribution is 2.13. The normalized spacial score (nSPS) is 11.6. The molecular formula is C12H23N3O2. The van der Waals surface area contributed by atoms with Gasteiger partial charge in [0.05, 0.1) is 6.61 Å². The Morgan fingerprint density at radius 3 is 2.65 bits per heavy atom. The maximum atomic E-state index is 11.2. The van der Waals surface area contributed by atoms with E-state index in [1.54, 1.807) is 6.92 Å². The largest absolute Gasteiger partial charge is 0.466 e. The third-order valence-corrected chi connectivity index (χ3v) is 2.59. The molecule has 17 heavy (non-hydrogen) atoms. The number of carbonyl (C=O) groups excluding carboxylic acids is 1. The summed E-state index contributed by atoms with van der Waals surface area (Å²) >= 11 is 0. The maximum absolute atomic E-state index is 11.2. The number of rotatable bonds is 10. The average molecular weight is 242 g/mol. The third-order valence-electron chi connectivity index (χ3n) is 2.59. The maximum Gasteiger partial charge on any atom is 0.305 e. The monoisotopic (exact) mass is 242 g/mol. The van der Waals surface area contributed by atoms with Crippen molar-refractivity contribution in [2.75, 3.05) is 6.61 Å². The van der Waals surface area contributed by atoms with E-state index in [1.165, 1.54) is 12.8 Å². The van der Waals surface area contributed by atoms with Crippen LogP contribution < -0.4 is 0 Å². The molecule has 0 bridgehead atoms. The van der Waals surface area contributed by atoms with Gasteiger partial charge < -0.3 is 4.74 Å². The molecule has 1 atom stereocenters. The molecule has 0 aliphatic carbocycles. The summed E-state index contributed by atoms with van der Waals surface area (Å²) in [5.74, 6) is -0.209. The van der Waals surface area contributed by atoms with Crippen LogP contribution in [0.4, 0.5) is 0 Å². The molecule has 0 aromatic carbocycles. The van der Waals surface area contributed by atoms with E-state index >= 15 is 0 Å². The van der Waals surface area contributed by atoms with E-state index in [-0.39, 0.29) is 12.0 Å². The Morgan fingerprint density at radius 1 is 1.29 bits per heavy atom. The fourth-order valence-corrected chi connectivity index (χ4v) is 1.66. The van der Waals surface area contributed by atoms with Crippen LogP contribution in [-0.2, 0) is 9.53 Å². The molecule has 0 N–H and O–H groups in total. The summed E-state index contributed by atoms with van der Waals surface area (Å²) in [6.45, 7) is 4.35. The fraction of sp³-hybridized carbons (Fsp3) is 0.917. The van der Waals surface area contributed by atoms with Gasteiger partial charge in [-0.1, -0.05) is 37.7 Å². The topological polar surface area (TPSA) is 75.1 Å². The summed E-state index contributed by atoms with van der Waals surface area (Å²) in [7, 11) is 0. The summed E-state index contributed by atoms with van der Waals surface area (Å²) in [6.07, 6.45) is 6.41. The van der Waals surface area contributed by atoms with Gasteiger partial charge in [-0.25, -0.2) is 0 Å². The van der Waals surface area contributed by atoms with Gasteiger partial charge in [-0.3, -0.25) is 4.79 Å². The van der Waals surface area contributed by atoms with Crippen LogP contribution in [0.15, 0.2) is 5.11 Å². The summed E-state index contributed by atoms with van der Waals surface area (Å²) in [5, 5.41) is 3.73. The summed E-state index contributed by atoms with van der Waals surface area (Å²) in [5.41, 5.74) is 8.45. The number of azide groups is 1. The average Bonchev–Trinajstić information content (AvgIpc) is 2.32. The molecule has 0 radical (unpaired) electrons. The summed E-state index contributed by atoms with van der Waals surface area (Å²) in [4.78, 5) is 14.0. The molecule has 0 spiro atoms. The molecule has 0 amide bonds. The molecule has 0 saturated carbocycles. The van der Waals surface area contributed by atoms with E-state index in [2.05, 4.69) is 16.9 Å². The molecular weight excluding hydrogens is 219 g/mol. The van der Waals surface area contributed by atoms with E-state index in [0.717, 1.165) is 19.3 Å². The number of carbonyl (C=O) groups is 1. The molecule has 0 fully saturated rings. The molecule has 5 heteroatoms. The molecule has 0 aromatic rings. The molecule has 1 unspecified atom stereocenters. The lowest BCUT2D eigenvalue weighted by atomic mass is 10.1. The third kappa shape index (κ3) is 9.69. The molecule has 0 rings (SSSR count). The van der Waals surface area contributed by atoms with Crippen LogP contribution in [0.25, 0.3) is 10.4 Å². The Labute approximate surface area is 103 Å². The first kappa shape index (κ1) is 15.8. The lowest BCUT2D eigenvalue weighted by molar-refractivity contribution is -0.143. The molecule has 0 aliphatic heterocycles. The zero-order valence-corrected chi connectivity index (χ0v) is 10.9. The van der Waals surface area contributed by atoms with E-state index in [4.69, 9.17) is 10.3 Å². The number of unbranched alkanes of at least 4 members (excludes halogenated alkanes) is 3. The first-order valence-corrected chi connectivity index (χ1v) is 6.44. The van der Waals surface area contributed by atoms with Gasteiger partial charge in [-0.05, 0) is 25.3 Å². The van der Waals surface area contributed by atoms with E-state index < -0.39 is 0 Å². The van der Waals surface area contributed by atoms with Gasteiger partial charge in [0.25, 0.3) is 0 Å². The van der Waals surface area contributed by atoms with Gasteiger partial charge in [-0.2, -0.15) is 0 Å². The van der Waals surface area contributed by atoms with Gasteiger partial charge in [0.2, 0.25) is 0 Å². The van der Waals surface area contributed by atoms with Crippen LogP contribution in [0.3, 0.4) is 0 Å². The number of ether oxygens (including phenoxy) is 1. The standard InChI is InChI=1S/C12H23N3O2/c1-3-5-6-7-8-11(14-15-13)9-10-12(16)17-4-2/h11H,3-10H2,1-2H3/i14+1. The zero-order chi connectivity index (χ0) is 12.9. The Morgan fingerprint density at radius 2 is 2.06 bits per heavy atom. The van der Waals surface area contributed by atoms with Crippen molar-refractivity contribution < 1.29 is 9.53 Å². The molecule has 5 nitrogen and oxygen atoms in total. The highest BCUT2D eigenvalue weighted by molar-refractivity contribution is 5.69. The Balaban J connectivity index is 3.81. The van der Waals surface area contributed by atoms with Crippen LogP contribution in [0.2, 0.25) is 0 Å². The van der Waals surface area contributed by atoms with Crippen LogP contribution >= 0.6 is 0 Å². The number of hydrogen-bond donors (Lipinski definition) is 0. The Hall–Kier alpha value is -1.22. The van der Waals surface area contributed by atoms with Crippen LogP contribution in [-0.4, -0.2) is 18.6 Å². The fourth-order valence-electron chi connectivity index (χ4n) is 1.66. The number of nitrogens with zero attached hydrogens (tertiary/aromatic N) is 3. The van der Waals surface area contributed by atoms with Gasteiger partial charge in [0, 0.05) is 17.4 Å². The lowest BCUT2D eigenvalue weighted by Gasteiger charge is -2.10. The van der Waals surface area contributed by atoms with Crippen molar-refractivity contribution in [3.63, 3.8) is 0 Å². The highest BCUT2D eigenvalue weighted by atomic mass is 16.5. The van der Waals surface area contributed by atoms with Crippen molar-refractivity contribution in [1.29, 1.82) is 0 Å².